The number of nitrogens with one attached hydrogen (secondary N) is 2. The van der Waals surface area contributed by atoms with Crippen molar-refractivity contribution in [1.29, 1.82) is 0 Å². The standard InChI is InChI=1S/C25H31F3N4O6/c1-14(31-23(35)38-24(2,3)4)15-8-6-9-17(25(26,27)28)21(15)37-11-7-10-19(33)32-18-13-30-20(36-5)12-16(18)22(29)34/h6,8-9,12-14H,7,10-11H2,1-5H3,(H2,29,34)(H,31,35)(H,32,33)/t14-/m1/s1. The normalized spacial score (nSPS) is 12.3. The van der Waals surface area contributed by atoms with Crippen LogP contribution in [0, 0.1) is 0 Å². The Morgan fingerprint density at radius 3 is 2.42 bits per heavy atom. The first-order chi connectivity index (χ1) is 17.6. The Labute approximate surface area is 218 Å². The zero-order chi connectivity index (χ0) is 28.7. The van der Waals surface area contributed by atoms with E-state index in [1.807, 2.05) is 0 Å². The highest BCUT2D eigenvalue weighted by molar-refractivity contribution is 6.03. The van der Waals surface area contributed by atoms with Crippen molar-refractivity contribution < 1.29 is 41.8 Å². The molecule has 0 fully saturated rings. The molecule has 0 aliphatic carbocycles. The molecular weight excluding hydrogens is 509 g/mol. The number of primary amides is 1. The number of hydrogen-bond acceptors (Lipinski definition) is 7. The van der Waals surface area contributed by atoms with Crippen LogP contribution in [0.2, 0.25) is 0 Å². The van der Waals surface area contributed by atoms with Crippen LogP contribution in [0.1, 0.15) is 68.1 Å². The molecule has 0 aliphatic heterocycles. The number of alkyl halides is 3. The van der Waals surface area contributed by atoms with Crippen LogP contribution in [0.5, 0.6) is 11.6 Å². The third kappa shape index (κ3) is 8.82. The van der Waals surface area contributed by atoms with Crippen LogP contribution < -0.4 is 25.8 Å². The Hall–Kier alpha value is -4.03. The number of pyridine rings is 1. The summed E-state index contributed by atoms with van der Waals surface area (Å²) in [4.78, 5) is 40.1. The molecule has 3 amide bonds. The summed E-state index contributed by atoms with van der Waals surface area (Å²) >= 11 is 0. The minimum atomic E-state index is -4.72. The van der Waals surface area contributed by atoms with Crippen molar-refractivity contribution >= 4 is 23.6 Å². The number of methoxy groups -OCH3 is 1. The van der Waals surface area contributed by atoms with Crippen LogP contribution in [-0.2, 0) is 15.7 Å². The molecule has 38 heavy (non-hydrogen) atoms. The average molecular weight is 541 g/mol. The maximum Gasteiger partial charge on any atom is 0.419 e. The van der Waals surface area contributed by atoms with Crippen molar-refractivity contribution in [2.45, 2.75) is 58.4 Å². The van der Waals surface area contributed by atoms with Gasteiger partial charge in [-0.1, -0.05) is 12.1 Å². The molecule has 0 radical (unpaired) electrons. The third-order valence-corrected chi connectivity index (χ3v) is 4.97. The number of carbonyl (C=O) groups is 3. The zero-order valence-corrected chi connectivity index (χ0v) is 21.7. The number of amides is 3. The molecule has 0 bridgehead atoms. The molecule has 2 aromatic rings. The molecule has 1 aromatic heterocycles. The van der Waals surface area contributed by atoms with Gasteiger partial charge in [0.2, 0.25) is 11.8 Å². The summed E-state index contributed by atoms with van der Waals surface area (Å²) in [5.74, 6) is -1.68. The van der Waals surface area contributed by atoms with Gasteiger partial charge in [0.15, 0.2) is 0 Å². The van der Waals surface area contributed by atoms with Crippen LogP contribution in [0.25, 0.3) is 0 Å². The van der Waals surface area contributed by atoms with Gasteiger partial charge < -0.3 is 30.6 Å². The van der Waals surface area contributed by atoms with Crippen molar-refractivity contribution in [1.82, 2.24) is 10.3 Å². The summed E-state index contributed by atoms with van der Waals surface area (Å²) in [6.45, 7) is 6.24. The number of alkyl carbamates (subject to hydrolysis) is 1. The number of nitrogens with two attached hydrogens (primary N) is 1. The summed E-state index contributed by atoms with van der Waals surface area (Å²) < 4.78 is 56.7. The van der Waals surface area contributed by atoms with E-state index in [-0.39, 0.29) is 42.1 Å². The maximum absolute atomic E-state index is 13.7. The predicted molar refractivity (Wildman–Crippen MR) is 132 cm³/mol. The second-order valence-corrected chi connectivity index (χ2v) is 9.23. The van der Waals surface area contributed by atoms with Gasteiger partial charge in [0.25, 0.3) is 5.91 Å². The van der Waals surface area contributed by atoms with Gasteiger partial charge in [-0.15, -0.1) is 0 Å². The number of carbonyl (C=O) groups excluding carboxylic acids is 3. The lowest BCUT2D eigenvalue weighted by molar-refractivity contribution is -0.139. The van der Waals surface area contributed by atoms with Crippen molar-refractivity contribution in [3.05, 3.63) is 47.2 Å². The largest absolute Gasteiger partial charge is 0.493 e. The number of halogens is 3. The Kier molecular flexibility index (Phi) is 9.91. The second-order valence-electron chi connectivity index (χ2n) is 9.23. The fourth-order valence-electron chi connectivity index (χ4n) is 3.31. The van der Waals surface area contributed by atoms with E-state index in [9.17, 15) is 27.6 Å². The Balaban J connectivity index is 2.10. The van der Waals surface area contributed by atoms with E-state index in [0.717, 1.165) is 6.07 Å². The van der Waals surface area contributed by atoms with Gasteiger partial charge >= 0.3 is 12.3 Å². The average Bonchev–Trinajstić information content (AvgIpc) is 2.79. The first kappa shape index (κ1) is 30.2. The number of anilines is 1. The van der Waals surface area contributed by atoms with Gasteiger partial charge in [-0.25, -0.2) is 9.78 Å². The lowest BCUT2D eigenvalue weighted by atomic mass is 10.0. The lowest BCUT2D eigenvalue weighted by Gasteiger charge is -2.24. The molecule has 1 heterocycles. The Morgan fingerprint density at radius 2 is 1.84 bits per heavy atom. The van der Waals surface area contributed by atoms with Crippen molar-refractivity contribution in [3.63, 3.8) is 0 Å². The Bertz CT molecular complexity index is 1160. The minimum absolute atomic E-state index is 0.0170. The number of rotatable bonds is 10. The molecule has 0 unspecified atom stereocenters. The van der Waals surface area contributed by atoms with Crippen molar-refractivity contribution in [2.24, 2.45) is 5.73 Å². The molecule has 208 valence electrons. The third-order valence-electron chi connectivity index (χ3n) is 4.97. The number of aromatic nitrogens is 1. The van der Waals surface area contributed by atoms with Crippen LogP contribution in [0.15, 0.2) is 30.5 Å². The smallest absolute Gasteiger partial charge is 0.419 e. The van der Waals surface area contributed by atoms with Gasteiger partial charge in [0.1, 0.15) is 11.4 Å². The van der Waals surface area contributed by atoms with Crippen LogP contribution in [0.3, 0.4) is 0 Å². The van der Waals surface area contributed by atoms with Crippen molar-refractivity contribution in [3.8, 4) is 11.6 Å². The number of hydrogen-bond donors (Lipinski definition) is 3. The first-order valence-corrected chi connectivity index (χ1v) is 11.6. The van der Waals surface area contributed by atoms with Gasteiger partial charge in [-0.2, -0.15) is 13.2 Å². The van der Waals surface area contributed by atoms with E-state index in [1.54, 1.807) is 20.8 Å². The van der Waals surface area contributed by atoms with E-state index in [2.05, 4.69) is 15.6 Å². The molecule has 4 N–H and O–H groups in total. The highest BCUT2D eigenvalue weighted by Gasteiger charge is 2.36. The van der Waals surface area contributed by atoms with E-state index in [1.165, 1.54) is 38.4 Å². The molecule has 1 atom stereocenters. The Morgan fingerprint density at radius 1 is 1.16 bits per heavy atom. The summed E-state index contributed by atoms with van der Waals surface area (Å²) in [5, 5.41) is 5.00. The molecule has 10 nitrogen and oxygen atoms in total. The van der Waals surface area contributed by atoms with Crippen molar-refractivity contribution in [2.75, 3.05) is 19.0 Å². The number of ether oxygens (including phenoxy) is 3. The molecule has 13 heteroatoms. The summed E-state index contributed by atoms with van der Waals surface area (Å²) in [6.07, 6.45) is -4.41. The number of benzene rings is 1. The number of nitrogens with zero attached hydrogens (tertiary/aromatic N) is 1. The SMILES string of the molecule is COc1cc(C(N)=O)c(NC(=O)CCCOc2c([C@@H](C)NC(=O)OC(C)(C)C)cccc2C(F)(F)F)cn1. The minimum Gasteiger partial charge on any atom is -0.493 e. The van der Waals surface area contributed by atoms with E-state index >= 15 is 0 Å². The topological polar surface area (TPSA) is 142 Å². The molecular formula is C25H31F3N4O6. The van der Waals surface area contributed by atoms with Crippen LogP contribution in [0.4, 0.5) is 23.7 Å². The fraction of sp³-hybridized carbons (Fsp3) is 0.440. The molecule has 0 spiro atoms. The lowest BCUT2D eigenvalue weighted by Crippen LogP contribution is -2.34. The maximum atomic E-state index is 13.7. The predicted octanol–water partition coefficient (Wildman–Crippen LogP) is 4.59. The van der Waals surface area contributed by atoms with Gasteiger partial charge in [-0.05, 0) is 40.2 Å². The van der Waals surface area contributed by atoms with Crippen LogP contribution in [-0.4, -0.2) is 42.2 Å². The summed E-state index contributed by atoms with van der Waals surface area (Å²) in [7, 11) is 1.35. The monoisotopic (exact) mass is 540 g/mol. The molecule has 0 saturated heterocycles. The van der Waals surface area contributed by atoms with E-state index in [0.29, 0.717) is 0 Å². The molecule has 0 aliphatic rings. The van der Waals surface area contributed by atoms with Crippen LogP contribution >= 0.6 is 0 Å². The summed E-state index contributed by atoms with van der Waals surface area (Å²) in [5.41, 5.74) is 3.65. The highest BCUT2D eigenvalue weighted by Crippen LogP contribution is 2.40. The summed E-state index contributed by atoms with van der Waals surface area (Å²) in [6, 6.07) is 3.88. The highest BCUT2D eigenvalue weighted by atomic mass is 19.4. The molecule has 2 rings (SSSR count). The van der Waals surface area contributed by atoms with Gasteiger partial charge in [0, 0.05) is 18.1 Å². The quantitative estimate of drug-likeness (QED) is 0.374. The molecule has 1 aromatic carbocycles. The van der Waals surface area contributed by atoms with E-state index in [4.69, 9.17) is 19.9 Å². The fourth-order valence-corrected chi connectivity index (χ4v) is 3.31. The first-order valence-electron chi connectivity index (χ1n) is 11.6. The second kappa shape index (κ2) is 12.5. The zero-order valence-electron chi connectivity index (χ0n) is 21.7. The van der Waals surface area contributed by atoms with Gasteiger partial charge in [0.05, 0.1) is 42.8 Å². The van der Waals surface area contributed by atoms with Gasteiger partial charge in [-0.3, -0.25) is 9.59 Å². The molecule has 0 saturated carbocycles. The number of para-hydroxylation sites is 1. The van der Waals surface area contributed by atoms with E-state index < -0.39 is 47.0 Å².